The Hall–Kier alpha value is -1.39. The molecule has 3 aromatic rings. The van der Waals surface area contributed by atoms with Crippen LogP contribution in [0, 0.1) is 3.57 Å². The largest absolute Gasteiger partial charge is 0.307 e. The molecule has 1 unspecified atom stereocenters. The molecule has 0 aliphatic heterocycles. The zero-order valence-corrected chi connectivity index (χ0v) is 14.2. The van der Waals surface area contributed by atoms with Gasteiger partial charge in [0.05, 0.1) is 6.04 Å². The zero-order chi connectivity index (χ0) is 14.7. The minimum absolute atomic E-state index is 0.234. The topological polar surface area (TPSA) is 12.0 Å². The standard InChI is InChI=1S/C19H18IN/c1-2-21-19(15-10-12-16(20)13-11-15)18-9-5-7-14-6-3-4-8-17(14)18/h3-13,19,21H,2H2,1H3. The number of nitrogens with one attached hydrogen (secondary N) is 1. The van der Waals surface area contributed by atoms with E-state index >= 15 is 0 Å². The molecule has 3 aromatic carbocycles. The molecule has 0 aliphatic rings. The molecule has 0 saturated carbocycles. The van der Waals surface area contributed by atoms with Crippen LogP contribution in [0.1, 0.15) is 24.1 Å². The van der Waals surface area contributed by atoms with Crippen LogP contribution in [0.2, 0.25) is 0 Å². The van der Waals surface area contributed by atoms with Crippen LogP contribution in [0.3, 0.4) is 0 Å². The van der Waals surface area contributed by atoms with Crippen LogP contribution in [-0.2, 0) is 0 Å². The number of benzene rings is 3. The van der Waals surface area contributed by atoms with E-state index in [4.69, 9.17) is 0 Å². The third-order valence-corrected chi connectivity index (χ3v) is 4.47. The molecule has 1 atom stereocenters. The van der Waals surface area contributed by atoms with E-state index in [1.165, 1.54) is 25.5 Å². The molecular formula is C19H18IN. The Bertz CT molecular complexity index is 729. The zero-order valence-electron chi connectivity index (χ0n) is 12.0. The molecule has 21 heavy (non-hydrogen) atoms. The van der Waals surface area contributed by atoms with E-state index < -0.39 is 0 Å². The molecule has 0 aromatic heterocycles. The second kappa shape index (κ2) is 6.58. The second-order valence-corrected chi connectivity index (χ2v) is 6.36. The molecule has 0 saturated heterocycles. The van der Waals surface area contributed by atoms with Crippen molar-refractivity contribution in [1.29, 1.82) is 0 Å². The van der Waals surface area contributed by atoms with Gasteiger partial charge in [-0.2, -0.15) is 0 Å². The van der Waals surface area contributed by atoms with Crippen molar-refractivity contribution >= 4 is 33.4 Å². The fourth-order valence-corrected chi connectivity index (χ4v) is 3.13. The Morgan fingerprint density at radius 1 is 0.905 bits per heavy atom. The SMILES string of the molecule is CCNC(c1ccc(I)cc1)c1cccc2ccccc12. The van der Waals surface area contributed by atoms with Crippen LogP contribution < -0.4 is 5.32 Å². The Morgan fingerprint density at radius 2 is 1.62 bits per heavy atom. The lowest BCUT2D eigenvalue weighted by Gasteiger charge is -2.21. The highest BCUT2D eigenvalue weighted by Crippen LogP contribution is 2.29. The molecule has 0 radical (unpaired) electrons. The van der Waals surface area contributed by atoms with Crippen molar-refractivity contribution in [2.45, 2.75) is 13.0 Å². The van der Waals surface area contributed by atoms with Crippen LogP contribution in [0.4, 0.5) is 0 Å². The summed E-state index contributed by atoms with van der Waals surface area (Å²) in [5, 5.41) is 6.24. The van der Waals surface area contributed by atoms with E-state index in [1.807, 2.05) is 0 Å². The molecule has 0 bridgehead atoms. The van der Waals surface area contributed by atoms with E-state index in [-0.39, 0.29) is 6.04 Å². The van der Waals surface area contributed by atoms with Crippen LogP contribution >= 0.6 is 22.6 Å². The van der Waals surface area contributed by atoms with Gasteiger partial charge in [-0.15, -0.1) is 0 Å². The van der Waals surface area contributed by atoms with E-state index in [2.05, 4.69) is 102 Å². The molecule has 0 fully saturated rings. The van der Waals surface area contributed by atoms with E-state index in [0.29, 0.717) is 0 Å². The van der Waals surface area contributed by atoms with Gasteiger partial charge in [-0.25, -0.2) is 0 Å². The summed E-state index contributed by atoms with van der Waals surface area (Å²) in [6.07, 6.45) is 0. The van der Waals surface area contributed by atoms with Gasteiger partial charge in [-0.05, 0) is 63.2 Å². The first-order valence-corrected chi connectivity index (χ1v) is 8.34. The summed E-state index contributed by atoms with van der Waals surface area (Å²) in [5.41, 5.74) is 2.66. The minimum Gasteiger partial charge on any atom is -0.307 e. The lowest BCUT2D eigenvalue weighted by atomic mass is 9.94. The van der Waals surface area contributed by atoms with Crippen molar-refractivity contribution in [3.8, 4) is 0 Å². The molecule has 1 N–H and O–H groups in total. The maximum atomic E-state index is 3.62. The summed E-state index contributed by atoms with van der Waals surface area (Å²) in [6.45, 7) is 3.10. The van der Waals surface area contributed by atoms with Crippen LogP contribution in [-0.4, -0.2) is 6.54 Å². The predicted octanol–water partition coefficient (Wildman–Crippen LogP) is 5.14. The van der Waals surface area contributed by atoms with Gasteiger partial charge in [0.1, 0.15) is 0 Å². The lowest BCUT2D eigenvalue weighted by Crippen LogP contribution is -2.22. The van der Waals surface area contributed by atoms with Gasteiger partial charge in [0.25, 0.3) is 0 Å². The predicted molar refractivity (Wildman–Crippen MR) is 98.6 cm³/mol. The van der Waals surface area contributed by atoms with Crippen molar-refractivity contribution in [2.75, 3.05) is 6.54 Å². The van der Waals surface area contributed by atoms with Crippen molar-refractivity contribution in [3.05, 3.63) is 81.4 Å². The van der Waals surface area contributed by atoms with Gasteiger partial charge >= 0.3 is 0 Å². The van der Waals surface area contributed by atoms with Crippen LogP contribution in [0.5, 0.6) is 0 Å². The summed E-state index contributed by atoms with van der Waals surface area (Å²) >= 11 is 2.35. The minimum atomic E-state index is 0.234. The van der Waals surface area contributed by atoms with Gasteiger partial charge < -0.3 is 5.32 Å². The summed E-state index contributed by atoms with van der Waals surface area (Å²) in [5.74, 6) is 0. The maximum absolute atomic E-state index is 3.62. The Kier molecular flexibility index (Phi) is 4.56. The highest BCUT2D eigenvalue weighted by atomic mass is 127. The van der Waals surface area contributed by atoms with E-state index in [9.17, 15) is 0 Å². The number of hydrogen-bond donors (Lipinski definition) is 1. The van der Waals surface area contributed by atoms with Crippen molar-refractivity contribution in [1.82, 2.24) is 5.32 Å². The average molecular weight is 387 g/mol. The number of halogens is 1. The summed E-state index contributed by atoms with van der Waals surface area (Å²) < 4.78 is 1.27. The molecule has 2 heteroatoms. The molecule has 106 valence electrons. The van der Waals surface area contributed by atoms with E-state index in [0.717, 1.165) is 6.54 Å². The Balaban J connectivity index is 2.13. The molecule has 0 heterocycles. The first-order chi connectivity index (χ1) is 10.3. The second-order valence-electron chi connectivity index (χ2n) is 5.11. The lowest BCUT2D eigenvalue weighted by molar-refractivity contribution is 0.634. The Labute approximate surface area is 139 Å². The third-order valence-electron chi connectivity index (χ3n) is 3.75. The molecule has 3 rings (SSSR count). The van der Waals surface area contributed by atoms with Crippen molar-refractivity contribution in [3.63, 3.8) is 0 Å². The van der Waals surface area contributed by atoms with Crippen LogP contribution in [0.15, 0.2) is 66.7 Å². The highest BCUT2D eigenvalue weighted by Gasteiger charge is 2.15. The molecule has 0 spiro atoms. The first kappa shape index (κ1) is 14.5. The highest BCUT2D eigenvalue weighted by molar-refractivity contribution is 14.1. The van der Waals surface area contributed by atoms with Gasteiger partial charge in [0.15, 0.2) is 0 Å². The van der Waals surface area contributed by atoms with Gasteiger partial charge in [0, 0.05) is 3.57 Å². The van der Waals surface area contributed by atoms with Gasteiger partial charge in [0.2, 0.25) is 0 Å². The summed E-state index contributed by atoms with van der Waals surface area (Å²) in [4.78, 5) is 0. The van der Waals surface area contributed by atoms with Crippen molar-refractivity contribution in [2.24, 2.45) is 0 Å². The molecule has 1 nitrogen and oxygen atoms in total. The number of hydrogen-bond acceptors (Lipinski definition) is 1. The maximum Gasteiger partial charge on any atom is 0.0582 e. The summed E-state index contributed by atoms with van der Waals surface area (Å²) in [6, 6.07) is 24.2. The number of rotatable bonds is 4. The summed E-state index contributed by atoms with van der Waals surface area (Å²) in [7, 11) is 0. The molecule has 0 amide bonds. The quantitative estimate of drug-likeness (QED) is 0.611. The van der Waals surface area contributed by atoms with Gasteiger partial charge in [-0.3, -0.25) is 0 Å². The molecule has 0 aliphatic carbocycles. The molecular weight excluding hydrogens is 369 g/mol. The average Bonchev–Trinajstić information content (AvgIpc) is 2.53. The monoisotopic (exact) mass is 387 g/mol. The first-order valence-electron chi connectivity index (χ1n) is 7.26. The van der Waals surface area contributed by atoms with Crippen LogP contribution in [0.25, 0.3) is 10.8 Å². The fourth-order valence-electron chi connectivity index (χ4n) is 2.77. The van der Waals surface area contributed by atoms with Crippen molar-refractivity contribution < 1.29 is 0 Å². The van der Waals surface area contributed by atoms with Gasteiger partial charge in [-0.1, -0.05) is 61.5 Å². The Morgan fingerprint density at radius 3 is 2.38 bits per heavy atom. The third kappa shape index (κ3) is 3.11. The fraction of sp³-hybridized carbons (Fsp3) is 0.158. The normalized spacial score (nSPS) is 12.5. The smallest absolute Gasteiger partial charge is 0.0582 e. The number of fused-ring (bicyclic) bond motifs is 1. The van der Waals surface area contributed by atoms with E-state index in [1.54, 1.807) is 0 Å².